The summed E-state index contributed by atoms with van der Waals surface area (Å²) in [6.07, 6.45) is 0.294. The Morgan fingerprint density at radius 1 is 1.20 bits per heavy atom. The molecule has 1 N–H and O–H groups in total. The molecule has 4 rings (SSSR count). The number of amides is 1. The molecular formula is C22H23NO5S2. The van der Waals surface area contributed by atoms with Crippen molar-refractivity contribution in [1.29, 1.82) is 0 Å². The fourth-order valence-electron chi connectivity index (χ4n) is 4.16. The number of hydrogen-bond donors (Lipinski definition) is 1. The lowest BCUT2D eigenvalue weighted by Gasteiger charge is -2.31. The highest BCUT2D eigenvalue weighted by Gasteiger charge is 2.49. The third-order valence-electron chi connectivity index (χ3n) is 5.75. The van der Waals surface area contributed by atoms with Crippen LogP contribution in [0.1, 0.15) is 53.0 Å². The Labute approximate surface area is 179 Å². The molecule has 2 aromatic rings. The minimum atomic E-state index is -3.26. The summed E-state index contributed by atoms with van der Waals surface area (Å²) in [7, 11) is -3.26. The Balaban J connectivity index is 1.81. The van der Waals surface area contributed by atoms with Gasteiger partial charge in [0.25, 0.3) is 5.91 Å². The van der Waals surface area contributed by atoms with Crippen LogP contribution in [0.25, 0.3) is 0 Å². The van der Waals surface area contributed by atoms with Crippen molar-refractivity contribution in [1.82, 2.24) is 4.90 Å². The molecule has 6 nitrogen and oxygen atoms in total. The monoisotopic (exact) mass is 445 g/mol. The summed E-state index contributed by atoms with van der Waals surface area (Å²) in [6, 6.07) is 9.58. The first kappa shape index (κ1) is 20.8. The third-order valence-corrected chi connectivity index (χ3v) is 8.37. The normalized spacial score (nSPS) is 23.6. The first-order valence-corrected chi connectivity index (χ1v) is 12.5. The van der Waals surface area contributed by atoms with Crippen molar-refractivity contribution < 1.29 is 23.1 Å². The minimum absolute atomic E-state index is 0.00454. The van der Waals surface area contributed by atoms with E-state index in [0.717, 1.165) is 5.56 Å². The molecule has 0 unspecified atom stereocenters. The van der Waals surface area contributed by atoms with Gasteiger partial charge in [0.05, 0.1) is 28.0 Å². The maximum atomic E-state index is 13.2. The molecule has 2 atom stereocenters. The van der Waals surface area contributed by atoms with Gasteiger partial charge in [-0.1, -0.05) is 44.2 Å². The van der Waals surface area contributed by atoms with Crippen molar-refractivity contribution in [2.24, 2.45) is 0 Å². The van der Waals surface area contributed by atoms with E-state index in [-0.39, 0.29) is 17.1 Å². The zero-order valence-electron chi connectivity index (χ0n) is 16.7. The molecule has 158 valence electrons. The largest absolute Gasteiger partial charge is 0.503 e. The number of hydrogen-bond acceptors (Lipinski definition) is 6. The summed E-state index contributed by atoms with van der Waals surface area (Å²) in [5, 5.41) is 12.4. The molecule has 1 amide bonds. The van der Waals surface area contributed by atoms with Crippen LogP contribution in [0.5, 0.6) is 0 Å². The number of carbonyl (C=O) groups excluding carboxylic acids is 2. The third kappa shape index (κ3) is 3.58. The molecule has 30 heavy (non-hydrogen) atoms. The van der Waals surface area contributed by atoms with Gasteiger partial charge < -0.3 is 10.0 Å². The fraction of sp³-hybridized carbons (Fsp3) is 0.364. The van der Waals surface area contributed by atoms with E-state index in [4.69, 9.17) is 0 Å². The second-order valence-electron chi connectivity index (χ2n) is 8.06. The van der Waals surface area contributed by atoms with Crippen LogP contribution >= 0.6 is 11.3 Å². The number of thiophene rings is 1. The number of Topliss-reactive ketones (excluding diaryl/α,β-unsaturated/α-hetero) is 1. The van der Waals surface area contributed by atoms with Crippen LogP contribution < -0.4 is 0 Å². The van der Waals surface area contributed by atoms with Crippen LogP contribution in [0.4, 0.5) is 0 Å². The lowest BCUT2D eigenvalue weighted by atomic mass is 9.92. The molecule has 3 heterocycles. The average molecular weight is 446 g/mol. The second kappa shape index (κ2) is 7.67. The van der Waals surface area contributed by atoms with Crippen LogP contribution in [0, 0.1) is 0 Å². The van der Waals surface area contributed by atoms with E-state index in [1.165, 1.54) is 16.2 Å². The predicted octanol–water partition coefficient (Wildman–Crippen LogP) is 3.64. The zero-order valence-corrected chi connectivity index (χ0v) is 18.4. The van der Waals surface area contributed by atoms with Gasteiger partial charge in [-0.25, -0.2) is 8.42 Å². The highest BCUT2D eigenvalue weighted by atomic mass is 32.2. The first-order chi connectivity index (χ1) is 14.2. The van der Waals surface area contributed by atoms with E-state index in [9.17, 15) is 23.1 Å². The van der Waals surface area contributed by atoms with E-state index >= 15 is 0 Å². The Kier molecular flexibility index (Phi) is 5.32. The zero-order chi connectivity index (χ0) is 21.6. The number of aliphatic hydroxyl groups is 1. The SMILES string of the molecule is CC(C)c1ccc([C@@H]2C(C(=O)c3cccs3)=C(O)C(=O)N2[C@H]2CCS(=O)(=O)C2)cc1. The summed E-state index contributed by atoms with van der Waals surface area (Å²) in [5.74, 6) is -1.53. The van der Waals surface area contributed by atoms with Crippen LogP contribution in [0.15, 0.2) is 53.1 Å². The van der Waals surface area contributed by atoms with Crippen LogP contribution in [0.3, 0.4) is 0 Å². The molecule has 0 radical (unpaired) electrons. The van der Waals surface area contributed by atoms with E-state index < -0.39 is 39.4 Å². The smallest absolute Gasteiger partial charge is 0.290 e. The summed E-state index contributed by atoms with van der Waals surface area (Å²) >= 11 is 1.24. The predicted molar refractivity (Wildman–Crippen MR) is 115 cm³/mol. The van der Waals surface area contributed by atoms with Crippen molar-refractivity contribution in [2.75, 3.05) is 11.5 Å². The van der Waals surface area contributed by atoms with Crippen molar-refractivity contribution in [2.45, 2.75) is 38.3 Å². The van der Waals surface area contributed by atoms with E-state index in [1.807, 2.05) is 24.3 Å². The van der Waals surface area contributed by atoms with Gasteiger partial charge in [-0.2, -0.15) is 0 Å². The van der Waals surface area contributed by atoms with E-state index in [1.54, 1.807) is 17.5 Å². The standard InChI is InChI=1S/C22H23NO5S2/c1-13(2)14-5-7-15(8-6-14)19-18(20(24)17-4-3-10-29-17)21(25)22(26)23(19)16-9-11-30(27,28)12-16/h3-8,10,13,16,19,25H,9,11-12H2,1-2H3/t16-,19+/m0/s1. The molecule has 2 aliphatic rings. The van der Waals surface area contributed by atoms with Crippen molar-refractivity contribution >= 4 is 32.9 Å². The molecular weight excluding hydrogens is 422 g/mol. The van der Waals surface area contributed by atoms with Gasteiger partial charge in [0.2, 0.25) is 5.78 Å². The van der Waals surface area contributed by atoms with Gasteiger partial charge in [0.15, 0.2) is 15.6 Å². The van der Waals surface area contributed by atoms with Crippen LogP contribution in [0.2, 0.25) is 0 Å². The molecule has 0 aliphatic carbocycles. The van der Waals surface area contributed by atoms with Crippen molar-refractivity contribution in [3.8, 4) is 0 Å². The number of rotatable bonds is 5. The number of ketones is 1. The molecule has 1 fully saturated rings. The minimum Gasteiger partial charge on any atom is -0.503 e. The molecule has 0 bridgehead atoms. The topological polar surface area (TPSA) is 91.8 Å². The summed E-state index contributed by atoms with van der Waals surface area (Å²) < 4.78 is 24.1. The summed E-state index contributed by atoms with van der Waals surface area (Å²) in [4.78, 5) is 28.0. The maximum Gasteiger partial charge on any atom is 0.290 e. The number of benzene rings is 1. The molecule has 0 spiro atoms. The van der Waals surface area contributed by atoms with Gasteiger partial charge in [0.1, 0.15) is 0 Å². The van der Waals surface area contributed by atoms with Gasteiger partial charge in [-0.15, -0.1) is 11.3 Å². The number of aliphatic hydroxyl groups excluding tert-OH is 1. The lowest BCUT2D eigenvalue weighted by Crippen LogP contribution is -2.41. The molecule has 8 heteroatoms. The number of carbonyl (C=O) groups is 2. The lowest BCUT2D eigenvalue weighted by molar-refractivity contribution is -0.131. The maximum absolute atomic E-state index is 13.2. The fourth-order valence-corrected chi connectivity index (χ4v) is 6.55. The quantitative estimate of drug-likeness (QED) is 0.710. The van der Waals surface area contributed by atoms with Crippen LogP contribution in [-0.2, 0) is 14.6 Å². The Morgan fingerprint density at radius 2 is 1.90 bits per heavy atom. The van der Waals surface area contributed by atoms with Gasteiger partial charge in [-0.3, -0.25) is 9.59 Å². The molecule has 1 saturated heterocycles. The number of sulfone groups is 1. The Hall–Kier alpha value is -2.45. The molecule has 1 aromatic heterocycles. The summed E-state index contributed by atoms with van der Waals surface area (Å²) in [5.41, 5.74) is 1.81. The van der Waals surface area contributed by atoms with Crippen molar-refractivity contribution in [3.63, 3.8) is 0 Å². The Bertz CT molecular complexity index is 1110. The summed E-state index contributed by atoms with van der Waals surface area (Å²) in [6.45, 7) is 4.14. The van der Waals surface area contributed by atoms with E-state index in [2.05, 4.69) is 13.8 Å². The highest BCUT2D eigenvalue weighted by molar-refractivity contribution is 7.91. The molecule has 2 aliphatic heterocycles. The molecule has 0 saturated carbocycles. The first-order valence-electron chi connectivity index (χ1n) is 9.84. The van der Waals surface area contributed by atoms with Crippen LogP contribution in [-0.4, -0.2) is 47.7 Å². The van der Waals surface area contributed by atoms with E-state index in [0.29, 0.717) is 22.8 Å². The van der Waals surface area contributed by atoms with Gasteiger partial charge in [-0.05, 0) is 34.9 Å². The number of nitrogens with zero attached hydrogens (tertiary/aromatic N) is 1. The van der Waals surface area contributed by atoms with Gasteiger partial charge in [0, 0.05) is 6.04 Å². The van der Waals surface area contributed by atoms with Crippen molar-refractivity contribution in [3.05, 3.63) is 69.1 Å². The molecule has 1 aromatic carbocycles. The van der Waals surface area contributed by atoms with Gasteiger partial charge >= 0.3 is 0 Å². The average Bonchev–Trinajstić information content (AvgIpc) is 3.41. The second-order valence-corrected chi connectivity index (χ2v) is 11.2. The Morgan fingerprint density at radius 3 is 2.43 bits per heavy atom. The highest BCUT2D eigenvalue weighted by Crippen LogP contribution is 2.42.